The maximum Gasteiger partial charge on any atom is 0.253 e. The molecular weight excluding hydrogens is 214 g/mol. The fourth-order valence-corrected chi connectivity index (χ4v) is 2.39. The van der Waals surface area contributed by atoms with Gasteiger partial charge in [-0.05, 0) is 28.9 Å². The van der Waals surface area contributed by atoms with E-state index in [9.17, 15) is 4.57 Å². The first-order valence-corrected chi connectivity index (χ1v) is 8.25. The molecule has 0 spiro atoms. The van der Waals surface area contributed by atoms with E-state index in [2.05, 4.69) is 6.92 Å². The standard InChI is InChI=1S/C8H17Cl2OP/c1-2-3-4-5-6-7-8-12(9,10)11/h2-8H2,1H3. The van der Waals surface area contributed by atoms with Gasteiger partial charge in [-0.3, -0.25) is 4.57 Å². The zero-order valence-corrected chi connectivity index (χ0v) is 9.97. The van der Waals surface area contributed by atoms with E-state index in [4.69, 9.17) is 22.5 Å². The summed E-state index contributed by atoms with van der Waals surface area (Å²) in [5.74, 6) is -2.78. The average molecular weight is 231 g/mol. The van der Waals surface area contributed by atoms with Crippen LogP contribution < -0.4 is 0 Å². The smallest absolute Gasteiger partial charge is 0.253 e. The van der Waals surface area contributed by atoms with Gasteiger partial charge in [0.25, 0.3) is 5.85 Å². The van der Waals surface area contributed by atoms with E-state index >= 15 is 0 Å². The van der Waals surface area contributed by atoms with E-state index in [1.54, 1.807) is 0 Å². The van der Waals surface area contributed by atoms with E-state index in [-0.39, 0.29) is 0 Å². The summed E-state index contributed by atoms with van der Waals surface area (Å²) in [5, 5.41) is 0. The molecule has 0 bridgehead atoms. The van der Waals surface area contributed by atoms with Crippen LogP contribution in [0.15, 0.2) is 0 Å². The predicted molar refractivity (Wildman–Crippen MR) is 57.6 cm³/mol. The minimum absolute atomic E-state index is 0.474. The van der Waals surface area contributed by atoms with Gasteiger partial charge < -0.3 is 0 Å². The van der Waals surface area contributed by atoms with Gasteiger partial charge >= 0.3 is 0 Å². The summed E-state index contributed by atoms with van der Waals surface area (Å²) in [6.07, 6.45) is 7.50. The van der Waals surface area contributed by atoms with Gasteiger partial charge in [-0.15, -0.1) is 0 Å². The number of unbranched alkanes of at least 4 members (excludes halogenated alkanes) is 5. The summed E-state index contributed by atoms with van der Waals surface area (Å²) < 4.78 is 10.8. The maximum absolute atomic E-state index is 10.8. The zero-order valence-electron chi connectivity index (χ0n) is 7.56. The molecule has 12 heavy (non-hydrogen) atoms. The largest absolute Gasteiger partial charge is 0.289 e. The Morgan fingerprint density at radius 2 is 1.50 bits per heavy atom. The molecule has 0 saturated heterocycles. The second-order valence-electron chi connectivity index (χ2n) is 3.06. The van der Waals surface area contributed by atoms with Crippen LogP contribution in [0, 0.1) is 0 Å². The van der Waals surface area contributed by atoms with Gasteiger partial charge in [-0.2, -0.15) is 0 Å². The van der Waals surface area contributed by atoms with Gasteiger partial charge in [0.1, 0.15) is 0 Å². The Bertz CT molecular complexity index is 144. The van der Waals surface area contributed by atoms with E-state index in [0.717, 1.165) is 12.8 Å². The lowest BCUT2D eigenvalue weighted by atomic mass is 10.1. The van der Waals surface area contributed by atoms with E-state index in [0.29, 0.717) is 6.16 Å². The fraction of sp³-hybridized carbons (Fsp3) is 1.00. The van der Waals surface area contributed by atoms with Crippen LogP contribution in [-0.2, 0) is 4.57 Å². The van der Waals surface area contributed by atoms with E-state index in [1.807, 2.05) is 0 Å². The van der Waals surface area contributed by atoms with Crippen LogP contribution in [0.2, 0.25) is 0 Å². The van der Waals surface area contributed by atoms with Crippen molar-refractivity contribution >= 4 is 28.3 Å². The van der Waals surface area contributed by atoms with Gasteiger partial charge in [-0.1, -0.05) is 39.0 Å². The summed E-state index contributed by atoms with van der Waals surface area (Å²) in [5.41, 5.74) is 0. The third kappa shape index (κ3) is 10.8. The van der Waals surface area contributed by atoms with Crippen molar-refractivity contribution in [3.63, 3.8) is 0 Å². The van der Waals surface area contributed by atoms with Gasteiger partial charge in [0.2, 0.25) is 0 Å². The Balaban J connectivity index is 3.06. The number of hydrogen-bond acceptors (Lipinski definition) is 1. The molecule has 0 aliphatic carbocycles. The molecule has 0 aliphatic heterocycles. The fourth-order valence-electron chi connectivity index (χ4n) is 1.08. The molecule has 0 radical (unpaired) electrons. The molecular formula is C8H17Cl2OP. The highest BCUT2D eigenvalue weighted by Gasteiger charge is 2.11. The minimum Gasteiger partial charge on any atom is -0.289 e. The third-order valence-electron chi connectivity index (χ3n) is 1.77. The van der Waals surface area contributed by atoms with Crippen LogP contribution in [-0.4, -0.2) is 6.16 Å². The topological polar surface area (TPSA) is 17.1 Å². The van der Waals surface area contributed by atoms with Crippen LogP contribution in [0.5, 0.6) is 0 Å². The SMILES string of the molecule is CCCCCCCCP(=O)(Cl)Cl. The molecule has 0 unspecified atom stereocenters. The van der Waals surface area contributed by atoms with Gasteiger partial charge in [-0.25, -0.2) is 0 Å². The molecule has 0 fully saturated rings. The molecule has 1 nitrogen and oxygen atoms in total. The first-order chi connectivity index (χ1) is 5.56. The Kier molecular flexibility index (Phi) is 7.72. The van der Waals surface area contributed by atoms with Crippen LogP contribution in [0.3, 0.4) is 0 Å². The summed E-state index contributed by atoms with van der Waals surface area (Å²) in [4.78, 5) is 0. The second-order valence-corrected chi connectivity index (χ2v) is 8.44. The Morgan fingerprint density at radius 3 is 2.00 bits per heavy atom. The zero-order chi connectivity index (χ0) is 9.45. The van der Waals surface area contributed by atoms with Crippen LogP contribution >= 0.6 is 28.3 Å². The molecule has 0 aromatic heterocycles. The van der Waals surface area contributed by atoms with Gasteiger partial charge in [0.05, 0.1) is 0 Å². The molecule has 4 heteroatoms. The third-order valence-corrected chi connectivity index (χ3v) is 3.62. The second kappa shape index (κ2) is 7.24. The van der Waals surface area contributed by atoms with Crippen molar-refractivity contribution < 1.29 is 4.57 Å². The van der Waals surface area contributed by atoms with E-state index < -0.39 is 5.85 Å². The van der Waals surface area contributed by atoms with Crippen molar-refractivity contribution in [1.82, 2.24) is 0 Å². The van der Waals surface area contributed by atoms with E-state index in [1.165, 1.54) is 25.7 Å². The Labute approximate surface area is 84.8 Å². The lowest BCUT2D eigenvalue weighted by Gasteiger charge is -2.01. The van der Waals surface area contributed by atoms with Crippen molar-refractivity contribution in [2.24, 2.45) is 0 Å². The minimum atomic E-state index is -2.78. The van der Waals surface area contributed by atoms with Crippen LogP contribution in [0.1, 0.15) is 45.4 Å². The van der Waals surface area contributed by atoms with Crippen LogP contribution in [0.4, 0.5) is 0 Å². The molecule has 0 saturated carbocycles. The molecule has 74 valence electrons. The number of rotatable bonds is 7. The first kappa shape index (κ1) is 12.8. The molecule has 0 amide bonds. The van der Waals surface area contributed by atoms with Crippen LogP contribution in [0.25, 0.3) is 0 Å². The monoisotopic (exact) mass is 230 g/mol. The molecule has 0 aliphatic rings. The lowest BCUT2D eigenvalue weighted by molar-refractivity contribution is 0.585. The van der Waals surface area contributed by atoms with Crippen molar-refractivity contribution in [2.75, 3.05) is 6.16 Å². The highest BCUT2D eigenvalue weighted by Crippen LogP contribution is 2.57. The Hall–Kier alpha value is 0.810. The van der Waals surface area contributed by atoms with Crippen molar-refractivity contribution in [3.8, 4) is 0 Å². The molecule has 0 aromatic carbocycles. The van der Waals surface area contributed by atoms with Crippen molar-refractivity contribution in [3.05, 3.63) is 0 Å². The highest BCUT2D eigenvalue weighted by molar-refractivity contribution is 8.08. The summed E-state index contributed by atoms with van der Waals surface area (Å²) in [7, 11) is 0. The summed E-state index contributed by atoms with van der Waals surface area (Å²) >= 11 is 10.8. The van der Waals surface area contributed by atoms with Crippen molar-refractivity contribution in [1.29, 1.82) is 0 Å². The quantitative estimate of drug-likeness (QED) is 0.444. The molecule has 0 heterocycles. The highest BCUT2D eigenvalue weighted by atomic mass is 35.9. The van der Waals surface area contributed by atoms with Crippen molar-refractivity contribution in [2.45, 2.75) is 45.4 Å². The van der Waals surface area contributed by atoms with Gasteiger partial charge in [0.15, 0.2) is 0 Å². The number of halogens is 2. The molecule has 0 rings (SSSR count). The summed E-state index contributed by atoms with van der Waals surface area (Å²) in [6.45, 7) is 2.19. The predicted octanol–water partition coefficient (Wildman–Crippen LogP) is 5.02. The Morgan fingerprint density at radius 1 is 1.00 bits per heavy atom. The number of hydrogen-bond donors (Lipinski definition) is 0. The first-order valence-electron chi connectivity index (χ1n) is 4.54. The molecule has 0 atom stereocenters. The average Bonchev–Trinajstić information content (AvgIpc) is 1.94. The maximum atomic E-state index is 10.8. The molecule has 0 aromatic rings. The molecule has 0 N–H and O–H groups in total. The lowest BCUT2D eigenvalue weighted by Crippen LogP contribution is -1.82. The van der Waals surface area contributed by atoms with Gasteiger partial charge in [0, 0.05) is 6.16 Å². The normalized spacial score (nSPS) is 11.9. The summed E-state index contributed by atoms with van der Waals surface area (Å²) in [6, 6.07) is 0.